The molecular formula is C12H16N6O2. The van der Waals surface area contributed by atoms with E-state index < -0.39 is 0 Å². The number of rotatable bonds is 4. The first-order valence-electron chi connectivity index (χ1n) is 6.02. The molecule has 0 aliphatic heterocycles. The number of carbonyl (C=O) groups excluding carboxylic acids is 1. The molecule has 2 heterocycles. The summed E-state index contributed by atoms with van der Waals surface area (Å²) in [6.45, 7) is 1.87. The van der Waals surface area contributed by atoms with Crippen LogP contribution in [0.5, 0.6) is 5.88 Å². The maximum absolute atomic E-state index is 11.8. The predicted octanol–water partition coefficient (Wildman–Crippen LogP) is 1.10. The summed E-state index contributed by atoms with van der Waals surface area (Å²) in [6, 6.07) is 2.71. The van der Waals surface area contributed by atoms with Gasteiger partial charge in [-0.05, 0) is 13.0 Å². The lowest BCUT2D eigenvalue weighted by atomic mass is 10.2. The molecule has 2 aromatic rings. The van der Waals surface area contributed by atoms with Crippen LogP contribution < -0.4 is 15.4 Å². The predicted molar refractivity (Wildman–Crippen MR) is 72.4 cm³/mol. The van der Waals surface area contributed by atoms with Gasteiger partial charge >= 0.3 is 6.03 Å². The molecule has 8 nitrogen and oxygen atoms in total. The van der Waals surface area contributed by atoms with E-state index in [0.717, 1.165) is 5.56 Å². The number of hydrogen-bond donors (Lipinski definition) is 2. The highest BCUT2D eigenvalue weighted by atomic mass is 16.5. The molecule has 0 fully saturated rings. The zero-order valence-corrected chi connectivity index (χ0v) is 11.5. The first-order chi connectivity index (χ1) is 9.58. The Labute approximate surface area is 116 Å². The van der Waals surface area contributed by atoms with Gasteiger partial charge in [0.1, 0.15) is 0 Å². The molecule has 0 unspecified atom stereocenters. The molecule has 0 saturated carbocycles. The molecule has 2 aromatic heterocycles. The lowest BCUT2D eigenvalue weighted by molar-refractivity contribution is 0.249. The monoisotopic (exact) mass is 276 g/mol. The summed E-state index contributed by atoms with van der Waals surface area (Å²) in [7, 11) is 3.32. The Morgan fingerprint density at radius 1 is 1.40 bits per heavy atom. The number of amides is 2. The number of nitrogens with one attached hydrogen (secondary N) is 2. The Morgan fingerprint density at radius 2 is 2.20 bits per heavy atom. The molecule has 0 aliphatic carbocycles. The second kappa shape index (κ2) is 6.00. The number of aryl methyl sites for hydroxylation is 1. The van der Waals surface area contributed by atoms with E-state index in [1.165, 1.54) is 7.11 Å². The lowest BCUT2D eigenvalue weighted by Gasteiger charge is -2.12. The van der Waals surface area contributed by atoms with E-state index in [4.69, 9.17) is 4.74 Å². The van der Waals surface area contributed by atoms with Crippen molar-refractivity contribution >= 4 is 11.8 Å². The molecule has 0 bridgehead atoms. The van der Waals surface area contributed by atoms with Gasteiger partial charge in [0.05, 0.1) is 19.3 Å². The fraction of sp³-hybridized carbons (Fsp3) is 0.333. The summed E-state index contributed by atoms with van der Waals surface area (Å²) in [6.07, 6.45) is 3.55. The van der Waals surface area contributed by atoms with Gasteiger partial charge in [-0.1, -0.05) is 0 Å². The second-order valence-corrected chi connectivity index (χ2v) is 4.23. The van der Waals surface area contributed by atoms with Crippen molar-refractivity contribution in [1.29, 1.82) is 0 Å². The van der Waals surface area contributed by atoms with Crippen LogP contribution in [-0.2, 0) is 7.05 Å². The van der Waals surface area contributed by atoms with Crippen molar-refractivity contribution in [3.05, 3.63) is 30.1 Å². The van der Waals surface area contributed by atoms with Gasteiger partial charge in [0.25, 0.3) is 0 Å². The molecule has 0 spiro atoms. The normalized spacial score (nSPS) is 11.8. The fourth-order valence-electron chi connectivity index (χ4n) is 1.59. The summed E-state index contributed by atoms with van der Waals surface area (Å²) in [4.78, 5) is 11.8. The number of nitrogens with zero attached hydrogens (tertiary/aromatic N) is 4. The average molecular weight is 276 g/mol. The van der Waals surface area contributed by atoms with Crippen LogP contribution in [0.3, 0.4) is 0 Å². The summed E-state index contributed by atoms with van der Waals surface area (Å²) in [5.41, 5.74) is 0.920. The van der Waals surface area contributed by atoms with Crippen LogP contribution in [0.15, 0.2) is 24.5 Å². The van der Waals surface area contributed by atoms with Crippen LogP contribution in [0.25, 0.3) is 0 Å². The first-order valence-corrected chi connectivity index (χ1v) is 6.02. The third kappa shape index (κ3) is 3.44. The van der Waals surface area contributed by atoms with Crippen LogP contribution in [0.1, 0.15) is 18.5 Å². The summed E-state index contributed by atoms with van der Waals surface area (Å²) >= 11 is 0. The highest BCUT2D eigenvalue weighted by Gasteiger charge is 2.11. The molecular weight excluding hydrogens is 260 g/mol. The van der Waals surface area contributed by atoms with Gasteiger partial charge in [-0.2, -0.15) is 5.10 Å². The van der Waals surface area contributed by atoms with E-state index in [0.29, 0.717) is 11.7 Å². The van der Waals surface area contributed by atoms with Crippen LogP contribution >= 0.6 is 0 Å². The number of carbonyl (C=O) groups is 1. The Balaban J connectivity index is 1.91. The van der Waals surface area contributed by atoms with E-state index in [1.807, 2.05) is 20.2 Å². The van der Waals surface area contributed by atoms with Gasteiger partial charge in [-0.3, -0.25) is 10.00 Å². The third-order valence-electron chi connectivity index (χ3n) is 2.66. The van der Waals surface area contributed by atoms with Crippen molar-refractivity contribution in [1.82, 2.24) is 25.3 Å². The van der Waals surface area contributed by atoms with Gasteiger partial charge in [0.2, 0.25) is 5.88 Å². The maximum atomic E-state index is 11.8. The summed E-state index contributed by atoms with van der Waals surface area (Å²) in [5.74, 6) is 0.737. The highest BCUT2D eigenvalue weighted by Crippen LogP contribution is 2.11. The van der Waals surface area contributed by atoms with Crippen LogP contribution in [-0.4, -0.2) is 33.1 Å². The molecule has 20 heavy (non-hydrogen) atoms. The van der Waals surface area contributed by atoms with Crippen LogP contribution in [0.4, 0.5) is 10.6 Å². The lowest BCUT2D eigenvalue weighted by Crippen LogP contribution is -2.31. The van der Waals surface area contributed by atoms with Crippen LogP contribution in [0.2, 0.25) is 0 Å². The minimum Gasteiger partial charge on any atom is -0.480 e. The zero-order chi connectivity index (χ0) is 14.5. The molecule has 2 rings (SSSR count). The first kappa shape index (κ1) is 13.8. The van der Waals surface area contributed by atoms with Crippen molar-refractivity contribution in [2.75, 3.05) is 12.4 Å². The summed E-state index contributed by atoms with van der Waals surface area (Å²) < 4.78 is 6.57. The smallest absolute Gasteiger partial charge is 0.320 e. The van der Waals surface area contributed by atoms with Crippen molar-refractivity contribution in [2.24, 2.45) is 7.05 Å². The van der Waals surface area contributed by atoms with Gasteiger partial charge in [-0.25, -0.2) is 4.79 Å². The minimum absolute atomic E-state index is 0.157. The fourth-order valence-corrected chi connectivity index (χ4v) is 1.59. The van der Waals surface area contributed by atoms with Gasteiger partial charge in [0.15, 0.2) is 5.82 Å². The molecule has 1 atom stereocenters. The maximum Gasteiger partial charge on any atom is 0.320 e. The van der Waals surface area contributed by atoms with E-state index in [1.54, 1.807) is 23.0 Å². The molecule has 8 heteroatoms. The van der Waals surface area contributed by atoms with E-state index >= 15 is 0 Å². The molecule has 0 saturated heterocycles. The molecule has 2 amide bonds. The molecule has 106 valence electrons. The van der Waals surface area contributed by atoms with Crippen molar-refractivity contribution < 1.29 is 9.53 Å². The summed E-state index contributed by atoms with van der Waals surface area (Å²) in [5, 5.41) is 17.0. The molecule has 2 N–H and O–H groups in total. The average Bonchev–Trinajstić information content (AvgIpc) is 2.86. The van der Waals surface area contributed by atoms with E-state index in [2.05, 4.69) is 25.9 Å². The Morgan fingerprint density at radius 3 is 2.75 bits per heavy atom. The number of hydrogen-bond acceptors (Lipinski definition) is 5. The molecule has 0 radical (unpaired) electrons. The standard InChI is InChI=1S/C12H16N6O2/c1-8(9-6-13-18(2)7-9)14-12(19)15-10-4-5-11(20-3)17-16-10/h4-8H,1-3H3,(H2,14,15,16,19)/t8-/m0/s1. The van der Waals surface area contributed by atoms with Crippen molar-refractivity contribution in [3.63, 3.8) is 0 Å². The SMILES string of the molecule is COc1ccc(NC(=O)N[C@@H](C)c2cnn(C)c2)nn1. The Kier molecular flexibility index (Phi) is 4.14. The largest absolute Gasteiger partial charge is 0.480 e. The number of urea groups is 1. The second-order valence-electron chi connectivity index (χ2n) is 4.23. The molecule has 0 aliphatic rings. The van der Waals surface area contributed by atoms with E-state index in [-0.39, 0.29) is 12.1 Å². The third-order valence-corrected chi connectivity index (χ3v) is 2.66. The highest BCUT2D eigenvalue weighted by molar-refractivity contribution is 5.88. The van der Waals surface area contributed by atoms with Crippen LogP contribution in [0, 0.1) is 0 Å². The Hall–Kier alpha value is -2.64. The molecule has 0 aromatic carbocycles. The number of aromatic nitrogens is 4. The van der Waals surface area contributed by atoms with Gasteiger partial charge < -0.3 is 10.1 Å². The van der Waals surface area contributed by atoms with Gasteiger partial charge in [0, 0.05) is 24.9 Å². The minimum atomic E-state index is -0.360. The quantitative estimate of drug-likeness (QED) is 0.872. The van der Waals surface area contributed by atoms with Gasteiger partial charge in [-0.15, -0.1) is 10.2 Å². The zero-order valence-electron chi connectivity index (χ0n) is 11.5. The Bertz CT molecular complexity index is 580. The number of methoxy groups -OCH3 is 1. The van der Waals surface area contributed by atoms with Crippen molar-refractivity contribution in [3.8, 4) is 5.88 Å². The topological polar surface area (TPSA) is 94.0 Å². The number of ether oxygens (including phenoxy) is 1. The number of anilines is 1. The van der Waals surface area contributed by atoms with E-state index in [9.17, 15) is 4.79 Å². The van der Waals surface area contributed by atoms with Crippen molar-refractivity contribution in [2.45, 2.75) is 13.0 Å².